The molecule has 0 aliphatic rings. The number of aliphatic hydroxyl groups excluding tert-OH is 1. The third kappa shape index (κ3) is 3.49. The highest BCUT2D eigenvalue weighted by molar-refractivity contribution is 9.10. The topological polar surface area (TPSA) is 51.6 Å². The van der Waals surface area contributed by atoms with Crippen molar-refractivity contribution in [2.24, 2.45) is 0 Å². The van der Waals surface area contributed by atoms with Crippen LogP contribution in [0.1, 0.15) is 17.0 Å². The van der Waals surface area contributed by atoms with Crippen LogP contribution in [0.25, 0.3) is 0 Å². The SMILES string of the molecule is COc1ccc(COc2ccc(C)nc2CO)cc1Br. The van der Waals surface area contributed by atoms with Gasteiger partial charge in [-0.1, -0.05) is 6.07 Å². The Morgan fingerprint density at radius 3 is 2.60 bits per heavy atom. The van der Waals surface area contributed by atoms with E-state index in [1.165, 1.54) is 0 Å². The summed E-state index contributed by atoms with van der Waals surface area (Å²) in [6, 6.07) is 9.44. The second kappa shape index (κ2) is 6.72. The average molecular weight is 338 g/mol. The summed E-state index contributed by atoms with van der Waals surface area (Å²) >= 11 is 3.44. The summed E-state index contributed by atoms with van der Waals surface area (Å²) in [7, 11) is 1.63. The largest absolute Gasteiger partial charge is 0.496 e. The molecule has 2 aromatic rings. The van der Waals surface area contributed by atoms with Gasteiger partial charge in [-0.15, -0.1) is 0 Å². The Kier molecular flexibility index (Phi) is 4.98. The van der Waals surface area contributed by atoms with Crippen LogP contribution in [-0.4, -0.2) is 17.2 Å². The lowest BCUT2D eigenvalue weighted by atomic mass is 10.2. The maximum atomic E-state index is 9.29. The molecule has 0 aliphatic heterocycles. The number of rotatable bonds is 5. The number of hydrogen-bond acceptors (Lipinski definition) is 4. The van der Waals surface area contributed by atoms with Crippen LogP contribution in [0.5, 0.6) is 11.5 Å². The second-order valence-electron chi connectivity index (χ2n) is 4.31. The van der Waals surface area contributed by atoms with E-state index in [2.05, 4.69) is 20.9 Å². The van der Waals surface area contributed by atoms with Crippen molar-refractivity contribution in [3.63, 3.8) is 0 Å². The van der Waals surface area contributed by atoms with Crippen molar-refractivity contribution in [1.82, 2.24) is 4.98 Å². The summed E-state index contributed by atoms with van der Waals surface area (Å²) in [6.45, 7) is 2.15. The summed E-state index contributed by atoms with van der Waals surface area (Å²) < 4.78 is 11.8. The summed E-state index contributed by atoms with van der Waals surface area (Å²) in [4.78, 5) is 4.24. The minimum atomic E-state index is -0.136. The molecule has 0 bridgehead atoms. The second-order valence-corrected chi connectivity index (χ2v) is 5.17. The first kappa shape index (κ1) is 14.8. The molecular weight excluding hydrogens is 322 g/mol. The van der Waals surface area contributed by atoms with Gasteiger partial charge in [-0.25, -0.2) is 0 Å². The van der Waals surface area contributed by atoms with Crippen molar-refractivity contribution in [2.75, 3.05) is 7.11 Å². The van der Waals surface area contributed by atoms with Gasteiger partial charge in [0.2, 0.25) is 0 Å². The molecule has 0 atom stereocenters. The molecule has 0 saturated carbocycles. The Bertz CT molecular complexity index is 602. The van der Waals surface area contributed by atoms with E-state index in [4.69, 9.17) is 9.47 Å². The van der Waals surface area contributed by atoms with Crippen molar-refractivity contribution in [3.8, 4) is 11.5 Å². The molecule has 1 aromatic carbocycles. The maximum Gasteiger partial charge on any atom is 0.143 e. The van der Waals surface area contributed by atoms with E-state index in [1.807, 2.05) is 37.3 Å². The molecule has 1 heterocycles. The number of benzene rings is 1. The first-order valence-electron chi connectivity index (χ1n) is 6.16. The van der Waals surface area contributed by atoms with Crippen LogP contribution in [0.4, 0.5) is 0 Å². The summed E-state index contributed by atoms with van der Waals surface area (Å²) in [5.74, 6) is 1.38. The van der Waals surface area contributed by atoms with Crippen molar-refractivity contribution in [3.05, 3.63) is 51.8 Å². The first-order valence-corrected chi connectivity index (χ1v) is 6.96. The van der Waals surface area contributed by atoms with Gasteiger partial charge in [0.05, 0.1) is 18.2 Å². The van der Waals surface area contributed by atoms with Crippen LogP contribution in [0.2, 0.25) is 0 Å². The van der Waals surface area contributed by atoms with Crippen LogP contribution in [0.3, 0.4) is 0 Å². The summed E-state index contributed by atoms with van der Waals surface area (Å²) in [5.41, 5.74) is 2.41. The van der Waals surface area contributed by atoms with Gasteiger partial charge in [0.25, 0.3) is 0 Å². The van der Waals surface area contributed by atoms with Crippen LogP contribution >= 0.6 is 15.9 Å². The quantitative estimate of drug-likeness (QED) is 0.909. The average Bonchev–Trinajstić information content (AvgIpc) is 2.46. The molecule has 0 aliphatic carbocycles. The molecule has 0 spiro atoms. The Morgan fingerprint density at radius 1 is 1.20 bits per heavy atom. The minimum Gasteiger partial charge on any atom is -0.496 e. The Balaban J connectivity index is 2.10. The Morgan fingerprint density at radius 2 is 1.95 bits per heavy atom. The zero-order chi connectivity index (χ0) is 14.5. The summed E-state index contributed by atoms with van der Waals surface area (Å²) in [5, 5.41) is 9.29. The van der Waals surface area contributed by atoms with Gasteiger partial charge in [-0.3, -0.25) is 4.98 Å². The predicted molar refractivity (Wildman–Crippen MR) is 79.9 cm³/mol. The molecular formula is C15H16BrNO3. The molecule has 1 aromatic heterocycles. The molecule has 2 rings (SSSR count). The van der Waals surface area contributed by atoms with E-state index in [-0.39, 0.29) is 6.61 Å². The van der Waals surface area contributed by atoms with E-state index in [9.17, 15) is 5.11 Å². The van der Waals surface area contributed by atoms with E-state index < -0.39 is 0 Å². The maximum absolute atomic E-state index is 9.29. The van der Waals surface area contributed by atoms with E-state index >= 15 is 0 Å². The van der Waals surface area contributed by atoms with Crippen molar-refractivity contribution in [1.29, 1.82) is 0 Å². The molecule has 0 radical (unpaired) electrons. The van der Waals surface area contributed by atoms with Gasteiger partial charge >= 0.3 is 0 Å². The van der Waals surface area contributed by atoms with Crippen LogP contribution in [0, 0.1) is 6.92 Å². The number of aryl methyl sites for hydroxylation is 1. The highest BCUT2D eigenvalue weighted by Crippen LogP contribution is 2.26. The molecule has 20 heavy (non-hydrogen) atoms. The molecule has 106 valence electrons. The number of nitrogens with zero attached hydrogens (tertiary/aromatic N) is 1. The number of aliphatic hydroxyl groups is 1. The number of methoxy groups -OCH3 is 1. The van der Waals surface area contributed by atoms with Crippen LogP contribution in [-0.2, 0) is 13.2 Å². The highest BCUT2D eigenvalue weighted by Gasteiger charge is 2.06. The lowest BCUT2D eigenvalue weighted by Gasteiger charge is -2.11. The fourth-order valence-corrected chi connectivity index (χ4v) is 2.39. The lowest BCUT2D eigenvalue weighted by Crippen LogP contribution is -2.01. The van der Waals surface area contributed by atoms with Crippen LogP contribution in [0.15, 0.2) is 34.8 Å². The number of pyridine rings is 1. The van der Waals surface area contributed by atoms with Gasteiger partial charge in [0, 0.05) is 5.69 Å². The number of aromatic nitrogens is 1. The monoisotopic (exact) mass is 337 g/mol. The van der Waals surface area contributed by atoms with E-state index in [1.54, 1.807) is 7.11 Å². The molecule has 0 fully saturated rings. The highest BCUT2D eigenvalue weighted by atomic mass is 79.9. The third-order valence-corrected chi connectivity index (χ3v) is 3.45. The van der Waals surface area contributed by atoms with Crippen molar-refractivity contribution >= 4 is 15.9 Å². The predicted octanol–water partition coefficient (Wildman–Crippen LogP) is 3.23. The zero-order valence-electron chi connectivity index (χ0n) is 11.4. The van der Waals surface area contributed by atoms with Gasteiger partial charge in [-0.05, 0) is 52.7 Å². The Labute approximate surface area is 126 Å². The fourth-order valence-electron chi connectivity index (χ4n) is 1.80. The first-order chi connectivity index (χ1) is 9.63. The van der Waals surface area contributed by atoms with Gasteiger partial charge in [-0.2, -0.15) is 0 Å². The smallest absolute Gasteiger partial charge is 0.143 e. The molecule has 1 N–H and O–H groups in total. The number of ether oxygens (including phenoxy) is 2. The summed E-state index contributed by atoms with van der Waals surface area (Å²) in [6.07, 6.45) is 0. The molecule has 0 unspecified atom stereocenters. The molecule has 5 heteroatoms. The normalized spacial score (nSPS) is 10.4. The van der Waals surface area contributed by atoms with Gasteiger partial charge < -0.3 is 14.6 Å². The molecule has 4 nitrogen and oxygen atoms in total. The van der Waals surface area contributed by atoms with Gasteiger partial charge in [0.15, 0.2) is 0 Å². The minimum absolute atomic E-state index is 0.136. The molecule has 0 amide bonds. The van der Waals surface area contributed by atoms with E-state index in [0.29, 0.717) is 18.1 Å². The van der Waals surface area contributed by atoms with E-state index in [0.717, 1.165) is 21.5 Å². The zero-order valence-corrected chi connectivity index (χ0v) is 13.0. The third-order valence-electron chi connectivity index (χ3n) is 2.83. The van der Waals surface area contributed by atoms with Crippen LogP contribution < -0.4 is 9.47 Å². The number of halogens is 1. The van der Waals surface area contributed by atoms with Crippen molar-refractivity contribution < 1.29 is 14.6 Å². The molecule has 0 saturated heterocycles. The van der Waals surface area contributed by atoms with Gasteiger partial charge in [0.1, 0.15) is 23.8 Å². The standard InChI is InChI=1S/C15H16BrNO3/c1-10-3-5-15(13(8-18)17-10)20-9-11-4-6-14(19-2)12(16)7-11/h3-7,18H,8-9H2,1-2H3. The lowest BCUT2D eigenvalue weighted by molar-refractivity contribution is 0.253. The Hall–Kier alpha value is -1.59. The fraction of sp³-hybridized carbons (Fsp3) is 0.267. The van der Waals surface area contributed by atoms with Crippen molar-refractivity contribution in [2.45, 2.75) is 20.1 Å². The number of hydrogen-bond donors (Lipinski definition) is 1.